The second kappa shape index (κ2) is 7.92. The summed E-state index contributed by atoms with van der Waals surface area (Å²) in [6, 6.07) is 11.9. The van der Waals surface area contributed by atoms with Gasteiger partial charge in [-0.05, 0) is 75.8 Å². The zero-order valence-electron chi connectivity index (χ0n) is 13.2. The normalized spacial score (nSPS) is 15.2. The van der Waals surface area contributed by atoms with E-state index in [0.717, 1.165) is 26.5 Å². The number of aromatic carboxylic acids is 1. The monoisotopic (exact) mass is 481 g/mol. The van der Waals surface area contributed by atoms with Gasteiger partial charge in [0.2, 0.25) is 0 Å². The fourth-order valence-corrected chi connectivity index (χ4v) is 3.58. The van der Waals surface area contributed by atoms with Crippen LogP contribution in [0.2, 0.25) is 0 Å². The molecule has 0 saturated carbocycles. The zero-order valence-corrected chi connectivity index (χ0v) is 16.2. The van der Waals surface area contributed by atoms with Crippen molar-refractivity contribution in [2.45, 2.75) is 6.61 Å². The summed E-state index contributed by atoms with van der Waals surface area (Å²) in [7, 11) is 0. The van der Waals surface area contributed by atoms with E-state index in [1.807, 2.05) is 6.07 Å². The number of ether oxygens (including phenoxy) is 1. The van der Waals surface area contributed by atoms with Crippen molar-refractivity contribution in [3.05, 3.63) is 67.6 Å². The molecule has 2 amide bonds. The van der Waals surface area contributed by atoms with E-state index in [9.17, 15) is 14.4 Å². The number of carbonyl (C=O) groups excluding carboxylic acids is 2. The van der Waals surface area contributed by atoms with Crippen LogP contribution in [0.4, 0.5) is 4.79 Å². The highest BCUT2D eigenvalue weighted by atomic mass is 127. The summed E-state index contributed by atoms with van der Waals surface area (Å²) in [6.45, 7) is 0.309. The minimum absolute atomic E-state index is 0.230. The number of carbonyl (C=O) groups is 3. The van der Waals surface area contributed by atoms with Crippen LogP contribution < -0.4 is 10.1 Å². The van der Waals surface area contributed by atoms with Crippen molar-refractivity contribution in [2.75, 3.05) is 0 Å². The molecule has 3 rings (SSSR count). The van der Waals surface area contributed by atoms with Gasteiger partial charge in [-0.15, -0.1) is 0 Å². The van der Waals surface area contributed by atoms with Crippen molar-refractivity contribution in [1.29, 1.82) is 0 Å². The van der Waals surface area contributed by atoms with Gasteiger partial charge < -0.3 is 9.84 Å². The van der Waals surface area contributed by atoms with Crippen molar-refractivity contribution in [1.82, 2.24) is 5.32 Å². The van der Waals surface area contributed by atoms with E-state index in [1.165, 1.54) is 12.1 Å². The van der Waals surface area contributed by atoms with Gasteiger partial charge in [-0.2, -0.15) is 0 Å². The Morgan fingerprint density at radius 1 is 1.19 bits per heavy atom. The van der Waals surface area contributed by atoms with Crippen LogP contribution >= 0.6 is 34.4 Å². The number of rotatable bonds is 5. The quantitative estimate of drug-likeness (QED) is 0.498. The van der Waals surface area contributed by atoms with E-state index in [2.05, 4.69) is 27.9 Å². The standard InChI is InChI=1S/C18H12INO5S/c19-13-7-11(8-15-16(21)20-18(24)26-15)3-6-14(13)25-9-10-1-4-12(5-2-10)17(22)23/h1-8H,9H2,(H,22,23)(H,20,21,24)/b15-8+. The maximum Gasteiger partial charge on any atom is 0.335 e. The van der Waals surface area contributed by atoms with Gasteiger partial charge in [-0.3, -0.25) is 14.9 Å². The first-order chi connectivity index (χ1) is 12.4. The Kier molecular flexibility index (Phi) is 5.62. The molecule has 0 unspecified atom stereocenters. The van der Waals surface area contributed by atoms with E-state index < -0.39 is 5.97 Å². The molecule has 0 aromatic heterocycles. The summed E-state index contributed by atoms with van der Waals surface area (Å²) >= 11 is 3.01. The van der Waals surface area contributed by atoms with Gasteiger partial charge in [-0.1, -0.05) is 18.2 Å². The number of carboxylic acid groups (broad SMARTS) is 1. The van der Waals surface area contributed by atoms with Gasteiger partial charge in [0.15, 0.2) is 0 Å². The molecular weight excluding hydrogens is 469 g/mol. The Morgan fingerprint density at radius 2 is 1.92 bits per heavy atom. The number of amides is 2. The van der Waals surface area contributed by atoms with Gasteiger partial charge >= 0.3 is 5.97 Å². The Hall–Kier alpha value is -2.33. The zero-order chi connectivity index (χ0) is 18.7. The molecule has 1 saturated heterocycles. The van der Waals surface area contributed by atoms with Gasteiger partial charge in [0.25, 0.3) is 11.1 Å². The molecule has 0 spiro atoms. The highest BCUT2D eigenvalue weighted by Crippen LogP contribution is 2.28. The largest absolute Gasteiger partial charge is 0.488 e. The van der Waals surface area contributed by atoms with E-state index in [4.69, 9.17) is 9.84 Å². The summed E-state index contributed by atoms with van der Waals surface area (Å²) in [6.07, 6.45) is 1.65. The minimum Gasteiger partial charge on any atom is -0.488 e. The molecule has 2 aromatic rings. The number of thioether (sulfide) groups is 1. The number of benzene rings is 2. The topological polar surface area (TPSA) is 92.7 Å². The molecule has 1 aliphatic rings. The molecule has 1 heterocycles. The van der Waals surface area contributed by atoms with Crippen LogP contribution in [0.15, 0.2) is 47.4 Å². The van der Waals surface area contributed by atoms with E-state index in [0.29, 0.717) is 17.3 Å². The van der Waals surface area contributed by atoms with Crippen molar-refractivity contribution < 1.29 is 24.2 Å². The van der Waals surface area contributed by atoms with Crippen LogP contribution in [-0.4, -0.2) is 22.2 Å². The molecule has 0 aliphatic carbocycles. The highest BCUT2D eigenvalue weighted by Gasteiger charge is 2.24. The van der Waals surface area contributed by atoms with E-state index >= 15 is 0 Å². The average Bonchev–Trinajstić information content (AvgIpc) is 2.91. The van der Waals surface area contributed by atoms with Crippen LogP contribution in [0.3, 0.4) is 0 Å². The molecule has 26 heavy (non-hydrogen) atoms. The Labute approximate surface area is 166 Å². The van der Waals surface area contributed by atoms with Gasteiger partial charge in [-0.25, -0.2) is 4.79 Å². The Bertz CT molecular complexity index is 924. The molecular formula is C18H12INO5S. The summed E-state index contributed by atoms with van der Waals surface area (Å²) in [5, 5.41) is 10.7. The average molecular weight is 481 g/mol. The second-order valence-electron chi connectivity index (χ2n) is 5.33. The number of hydrogen-bond acceptors (Lipinski definition) is 5. The maximum atomic E-state index is 11.6. The molecule has 6 nitrogen and oxygen atoms in total. The summed E-state index contributed by atoms with van der Waals surface area (Å²) in [4.78, 5) is 34.0. The molecule has 1 fully saturated rings. The predicted molar refractivity (Wildman–Crippen MR) is 106 cm³/mol. The maximum absolute atomic E-state index is 11.6. The minimum atomic E-state index is -0.965. The third kappa shape index (κ3) is 4.44. The molecule has 0 atom stereocenters. The van der Waals surface area contributed by atoms with Gasteiger partial charge in [0.05, 0.1) is 14.0 Å². The number of carboxylic acids is 1. The smallest absolute Gasteiger partial charge is 0.335 e. The van der Waals surface area contributed by atoms with Crippen LogP contribution in [0.25, 0.3) is 6.08 Å². The molecule has 8 heteroatoms. The summed E-state index contributed by atoms with van der Waals surface area (Å²) in [5.74, 6) is -0.678. The van der Waals surface area contributed by atoms with Crippen molar-refractivity contribution >= 4 is 57.5 Å². The SMILES string of the molecule is O=C1NC(=O)/C(=C\c2ccc(OCc3ccc(C(=O)O)cc3)c(I)c2)S1. The first-order valence-corrected chi connectivity index (χ1v) is 9.31. The Morgan fingerprint density at radius 3 is 2.50 bits per heavy atom. The van der Waals surface area contributed by atoms with Gasteiger partial charge in [0, 0.05) is 0 Å². The van der Waals surface area contributed by atoms with E-state index in [1.54, 1.807) is 30.3 Å². The lowest BCUT2D eigenvalue weighted by molar-refractivity contribution is -0.115. The molecule has 2 aromatic carbocycles. The third-order valence-corrected chi connectivity index (χ3v) is 5.14. The van der Waals surface area contributed by atoms with Crippen LogP contribution in [-0.2, 0) is 11.4 Å². The first kappa shape index (κ1) is 18.5. The van der Waals surface area contributed by atoms with Crippen molar-refractivity contribution in [3.63, 3.8) is 0 Å². The molecule has 132 valence electrons. The molecule has 1 aliphatic heterocycles. The van der Waals surface area contributed by atoms with Gasteiger partial charge in [0.1, 0.15) is 12.4 Å². The number of halogens is 1. The van der Waals surface area contributed by atoms with Crippen molar-refractivity contribution in [3.8, 4) is 5.75 Å². The van der Waals surface area contributed by atoms with Crippen molar-refractivity contribution in [2.24, 2.45) is 0 Å². The van der Waals surface area contributed by atoms with Crippen LogP contribution in [0, 0.1) is 3.57 Å². The highest BCUT2D eigenvalue weighted by molar-refractivity contribution is 14.1. The number of hydrogen-bond donors (Lipinski definition) is 2. The van der Waals surface area contributed by atoms with Crippen LogP contribution in [0.1, 0.15) is 21.5 Å². The third-order valence-electron chi connectivity index (χ3n) is 3.49. The molecule has 0 bridgehead atoms. The lowest BCUT2D eigenvalue weighted by Gasteiger charge is -2.09. The predicted octanol–water partition coefficient (Wildman–Crippen LogP) is 3.89. The molecule has 2 N–H and O–H groups in total. The van der Waals surface area contributed by atoms with Crippen LogP contribution in [0.5, 0.6) is 5.75 Å². The fourth-order valence-electron chi connectivity index (χ4n) is 2.20. The second-order valence-corrected chi connectivity index (χ2v) is 7.51. The van der Waals surface area contributed by atoms with E-state index in [-0.39, 0.29) is 16.7 Å². The lowest BCUT2D eigenvalue weighted by atomic mass is 10.1. The Balaban J connectivity index is 1.68. The lowest BCUT2D eigenvalue weighted by Crippen LogP contribution is -2.17. The fraction of sp³-hybridized carbons (Fsp3) is 0.0556. The first-order valence-electron chi connectivity index (χ1n) is 7.42. The summed E-state index contributed by atoms with van der Waals surface area (Å²) in [5.41, 5.74) is 1.88. The summed E-state index contributed by atoms with van der Waals surface area (Å²) < 4.78 is 6.63. The number of imide groups is 1. The number of nitrogens with one attached hydrogen (secondary N) is 1. The molecule has 0 radical (unpaired) electrons.